The lowest BCUT2D eigenvalue weighted by molar-refractivity contribution is -0.124. The van der Waals surface area contributed by atoms with Crippen LogP contribution in [0.1, 0.15) is 39.3 Å². The van der Waals surface area contributed by atoms with Crippen molar-refractivity contribution in [3.63, 3.8) is 0 Å². The topological polar surface area (TPSA) is 64.3 Å². The van der Waals surface area contributed by atoms with Gasteiger partial charge in [0.15, 0.2) is 6.61 Å². The third kappa shape index (κ3) is 5.49. The van der Waals surface area contributed by atoms with E-state index in [9.17, 15) is 4.79 Å². The summed E-state index contributed by atoms with van der Waals surface area (Å²) in [5, 5.41) is 3.27. The molecule has 0 aliphatic heterocycles. The van der Waals surface area contributed by atoms with Crippen LogP contribution >= 0.6 is 11.6 Å². The van der Waals surface area contributed by atoms with Crippen molar-refractivity contribution in [1.82, 2.24) is 5.32 Å². The third-order valence-electron chi connectivity index (χ3n) is 2.35. The zero-order valence-electron chi connectivity index (χ0n) is 11.8. The molecule has 0 aliphatic carbocycles. The number of carbonyl (C=O) groups is 1. The van der Waals surface area contributed by atoms with E-state index >= 15 is 0 Å². The Hall–Kier alpha value is -1.26. The molecule has 0 fully saturated rings. The second kappa shape index (κ2) is 6.26. The van der Waals surface area contributed by atoms with Crippen LogP contribution in [0.25, 0.3) is 0 Å². The first kappa shape index (κ1) is 15.8. The summed E-state index contributed by atoms with van der Waals surface area (Å²) >= 11 is 6.08. The molecule has 0 heterocycles. The van der Waals surface area contributed by atoms with Gasteiger partial charge in [-0.1, -0.05) is 17.7 Å². The smallest absolute Gasteiger partial charge is 0.258 e. The lowest BCUT2D eigenvalue weighted by Gasteiger charge is -2.20. The van der Waals surface area contributed by atoms with Crippen LogP contribution in [0.3, 0.4) is 0 Å². The number of nitrogens with two attached hydrogens (primary N) is 1. The molecule has 19 heavy (non-hydrogen) atoms. The van der Waals surface area contributed by atoms with Crippen LogP contribution in [0.15, 0.2) is 18.2 Å². The van der Waals surface area contributed by atoms with E-state index in [1.165, 1.54) is 0 Å². The van der Waals surface area contributed by atoms with Crippen molar-refractivity contribution in [2.24, 2.45) is 5.73 Å². The Kier molecular flexibility index (Phi) is 5.20. The molecule has 0 bridgehead atoms. The summed E-state index contributed by atoms with van der Waals surface area (Å²) in [4.78, 5) is 11.6. The van der Waals surface area contributed by atoms with Gasteiger partial charge in [-0.15, -0.1) is 0 Å². The molecule has 5 heteroatoms. The van der Waals surface area contributed by atoms with Gasteiger partial charge >= 0.3 is 0 Å². The standard InChI is InChI=1S/C14H21ClN2O2/c1-9(16)10-5-6-12(11(15)7-10)19-8-13(18)17-14(2,3)4/h5-7,9H,8,16H2,1-4H3,(H,17,18). The predicted octanol–water partition coefficient (Wildman–Crippen LogP) is 2.65. The van der Waals surface area contributed by atoms with Crippen molar-refractivity contribution in [1.29, 1.82) is 0 Å². The summed E-state index contributed by atoms with van der Waals surface area (Å²) in [7, 11) is 0. The summed E-state index contributed by atoms with van der Waals surface area (Å²) in [6.45, 7) is 7.55. The Balaban J connectivity index is 2.61. The molecule has 0 aromatic heterocycles. The van der Waals surface area contributed by atoms with Gasteiger partial charge in [0, 0.05) is 11.6 Å². The maximum Gasteiger partial charge on any atom is 0.258 e. The van der Waals surface area contributed by atoms with Crippen LogP contribution in [0.2, 0.25) is 5.02 Å². The van der Waals surface area contributed by atoms with Crippen LogP contribution < -0.4 is 15.8 Å². The summed E-state index contributed by atoms with van der Waals surface area (Å²) < 4.78 is 5.39. The number of hydrogen-bond acceptors (Lipinski definition) is 3. The molecular formula is C14H21ClN2O2. The zero-order chi connectivity index (χ0) is 14.6. The molecule has 1 atom stereocenters. The SMILES string of the molecule is CC(N)c1ccc(OCC(=O)NC(C)(C)C)c(Cl)c1. The molecule has 0 radical (unpaired) electrons. The fourth-order valence-corrected chi connectivity index (χ4v) is 1.76. The van der Waals surface area contributed by atoms with Crippen molar-refractivity contribution in [2.45, 2.75) is 39.3 Å². The number of hydrogen-bond donors (Lipinski definition) is 2. The monoisotopic (exact) mass is 284 g/mol. The van der Waals surface area contributed by atoms with E-state index in [2.05, 4.69) is 5.32 Å². The van der Waals surface area contributed by atoms with E-state index in [1.54, 1.807) is 12.1 Å². The third-order valence-corrected chi connectivity index (χ3v) is 2.65. The Morgan fingerprint density at radius 1 is 1.47 bits per heavy atom. The molecule has 0 saturated heterocycles. The Bertz CT molecular complexity index is 453. The fourth-order valence-electron chi connectivity index (χ4n) is 1.52. The summed E-state index contributed by atoms with van der Waals surface area (Å²) in [6, 6.07) is 5.23. The molecule has 1 rings (SSSR count). The van der Waals surface area contributed by atoms with Crippen molar-refractivity contribution in [2.75, 3.05) is 6.61 Å². The van der Waals surface area contributed by atoms with E-state index in [0.717, 1.165) is 5.56 Å². The molecule has 4 nitrogen and oxygen atoms in total. The molecule has 1 aromatic rings. The van der Waals surface area contributed by atoms with Gasteiger partial charge in [-0.3, -0.25) is 4.79 Å². The Morgan fingerprint density at radius 2 is 2.11 bits per heavy atom. The average Bonchev–Trinajstić information content (AvgIpc) is 2.24. The molecule has 0 aliphatic rings. The van der Waals surface area contributed by atoms with Gasteiger partial charge in [-0.25, -0.2) is 0 Å². The lowest BCUT2D eigenvalue weighted by Crippen LogP contribution is -2.43. The Labute approximate surface area is 119 Å². The minimum Gasteiger partial charge on any atom is -0.482 e. The molecular weight excluding hydrogens is 264 g/mol. The summed E-state index contributed by atoms with van der Waals surface area (Å²) in [5.41, 5.74) is 6.41. The normalized spacial score (nSPS) is 12.9. The number of benzene rings is 1. The second-order valence-corrected chi connectivity index (χ2v) is 5.97. The van der Waals surface area contributed by atoms with Crippen LogP contribution in [0.5, 0.6) is 5.75 Å². The van der Waals surface area contributed by atoms with Crippen molar-refractivity contribution >= 4 is 17.5 Å². The van der Waals surface area contributed by atoms with Gasteiger partial charge in [0.2, 0.25) is 0 Å². The van der Waals surface area contributed by atoms with Crippen molar-refractivity contribution in [3.8, 4) is 5.75 Å². The average molecular weight is 285 g/mol. The number of amides is 1. The van der Waals surface area contributed by atoms with Crippen LogP contribution in [-0.2, 0) is 4.79 Å². The second-order valence-electron chi connectivity index (χ2n) is 5.57. The van der Waals surface area contributed by atoms with E-state index in [-0.39, 0.29) is 24.1 Å². The van der Waals surface area contributed by atoms with Gasteiger partial charge in [-0.2, -0.15) is 0 Å². The molecule has 106 valence electrons. The van der Waals surface area contributed by atoms with Gasteiger partial charge in [0.1, 0.15) is 5.75 Å². The molecule has 1 aromatic carbocycles. The minimum atomic E-state index is -0.275. The fraction of sp³-hybridized carbons (Fsp3) is 0.500. The number of rotatable bonds is 4. The first-order valence-electron chi connectivity index (χ1n) is 6.18. The number of carbonyl (C=O) groups excluding carboxylic acids is 1. The number of nitrogens with one attached hydrogen (secondary N) is 1. The van der Waals surface area contributed by atoms with Gasteiger partial charge in [0.25, 0.3) is 5.91 Å². The molecule has 1 unspecified atom stereocenters. The first-order chi connectivity index (χ1) is 8.69. The highest BCUT2D eigenvalue weighted by Gasteiger charge is 2.14. The van der Waals surface area contributed by atoms with Crippen molar-refractivity contribution in [3.05, 3.63) is 28.8 Å². The van der Waals surface area contributed by atoms with Crippen LogP contribution in [0, 0.1) is 0 Å². The van der Waals surface area contributed by atoms with Crippen molar-refractivity contribution < 1.29 is 9.53 Å². The molecule has 0 saturated carbocycles. The molecule has 1 amide bonds. The predicted molar refractivity (Wildman–Crippen MR) is 77.4 cm³/mol. The van der Waals surface area contributed by atoms with Gasteiger partial charge in [-0.05, 0) is 45.4 Å². The number of halogens is 1. The highest BCUT2D eigenvalue weighted by Crippen LogP contribution is 2.27. The summed E-state index contributed by atoms with van der Waals surface area (Å²) in [6.07, 6.45) is 0. The van der Waals surface area contributed by atoms with E-state index in [1.807, 2.05) is 33.8 Å². The van der Waals surface area contributed by atoms with Gasteiger partial charge in [0.05, 0.1) is 5.02 Å². The highest BCUT2D eigenvalue weighted by molar-refractivity contribution is 6.32. The zero-order valence-corrected chi connectivity index (χ0v) is 12.5. The van der Waals surface area contributed by atoms with E-state index < -0.39 is 0 Å². The van der Waals surface area contributed by atoms with Crippen LogP contribution in [-0.4, -0.2) is 18.1 Å². The summed E-state index contributed by atoms with van der Waals surface area (Å²) in [5.74, 6) is 0.301. The maximum absolute atomic E-state index is 11.6. The minimum absolute atomic E-state index is 0.0610. The largest absolute Gasteiger partial charge is 0.482 e. The quantitative estimate of drug-likeness (QED) is 0.893. The maximum atomic E-state index is 11.6. The van der Waals surface area contributed by atoms with E-state index in [4.69, 9.17) is 22.1 Å². The van der Waals surface area contributed by atoms with Crippen LogP contribution in [0.4, 0.5) is 0 Å². The first-order valence-corrected chi connectivity index (χ1v) is 6.55. The highest BCUT2D eigenvalue weighted by atomic mass is 35.5. The Morgan fingerprint density at radius 3 is 2.58 bits per heavy atom. The van der Waals surface area contributed by atoms with Gasteiger partial charge < -0.3 is 15.8 Å². The molecule has 3 N–H and O–H groups in total. The number of ether oxygens (including phenoxy) is 1. The molecule has 0 spiro atoms. The lowest BCUT2D eigenvalue weighted by atomic mass is 10.1. The van der Waals surface area contributed by atoms with E-state index in [0.29, 0.717) is 10.8 Å².